The molecule has 1 aliphatic heterocycles. The van der Waals surface area contributed by atoms with Crippen LogP contribution >= 0.6 is 0 Å². The van der Waals surface area contributed by atoms with Crippen LogP contribution in [-0.2, 0) is 4.74 Å². The number of nitrogens with one attached hydrogen (secondary N) is 1. The monoisotopic (exact) mass is 267 g/mol. The van der Waals surface area contributed by atoms with E-state index in [1.165, 1.54) is 18.2 Å². The Hall–Kier alpha value is -1.79. The zero-order valence-electron chi connectivity index (χ0n) is 10.6. The normalized spacial score (nSPS) is 26.3. The van der Waals surface area contributed by atoms with Crippen LogP contribution in [0.4, 0.5) is 0 Å². The Morgan fingerprint density at radius 1 is 1.53 bits per heavy atom. The van der Waals surface area contributed by atoms with E-state index in [1.807, 2.05) is 0 Å². The zero-order valence-corrected chi connectivity index (χ0v) is 10.6. The Morgan fingerprint density at radius 3 is 2.89 bits per heavy atom. The van der Waals surface area contributed by atoms with Gasteiger partial charge in [-0.05, 0) is 25.1 Å². The summed E-state index contributed by atoms with van der Waals surface area (Å²) in [6.45, 7) is 2.22. The summed E-state index contributed by atoms with van der Waals surface area (Å²) in [6.07, 6.45) is 0.0890. The predicted octanol–water partition coefficient (Wildman–Crippen LogP) is 0.367. The lowest BCUT2D eigenvalue weighted by Crippen LogP contribution is -2.47. The summed E-state index contributed by atoms with van der Waals surface area (Å²) in [5.41, 5.74) is -1.13. The van der Waals surface area contributed by atoms with Crippen LogP contribution in [0.3, 0.4) is 0 Å². The minimum atomic E-state index is -1.10. The average molecular weight is 267 g/mol. The number of hydrogen-bond acceptors (Lipinski definition) is 5. The number of aliphatic hydroxyl groups is 1. The Morgan fingerprint density at radius 2 is 2.26 bits per heavy atom. The van der Waals surface area contributed by atoms with E-state index < -0.39 is 11.5 Å². The summed E-state index contributed by atoms with van der Waals surface area (Å²) in [6, 6.07) is 3.69. The van der Waals surface area contributed by atoms with E-state index in [2.05, 4.69) is 5.32 Å². The summed E-state index contributed by atoms with van der Waals surface area (Å²) in [4.78, 5) is 11.9. The lowest BCUT2D eigenvalue weighted by molar-refractivity contribution is -0.0251. The summed E-state index contributed by atoms with van der Waals surface area (Å²) >= 11 is 0. The van der Waals surface area contributed by atoms with Crippen LogP contribution in [0.15, 0.2) is 18.2 Å². The smallest absolute Gasteiger partial charge is 0.255 e. The lowest BCUT2D eigenvalue weighted by atomic mass is 9.96. The molecule has 0 radical (unpaired) electrons. The summed E-state index contributed by atoms with van der Waals surface area (Å²) in [7, 11) is 0. The summed E-state index contributed by atoms with van der Waals surface area (Å²) < 4.78 is 5.26. The van der Waals surface area contributed by atoms with Crippen LogP contribution in [0.2, 0.25) is 0 Å². The van der Waals surface area contributed by atoms with Gasteiger partial charge in [-0.15, -0.1) is 0 Å². The van der Waals surface area contributed by atoms with E-state index >= 15 is 0 Å². The number of amides is 1. The third kappa shape index (κ3) is 2.80. The minimum absolute atomic E-state index is 0.0299. The van der Waals surface area contributed by atoms with Crippen molar-refractivity contribution < 1.29 is 24.9 Å². The number of phenols is 2. The van der Waals surface area contributed by atoms with Gasteiger partial charge in [0.2, 0.25) is 0 Å². The zero-order chi connectivity index (χ0) is 14.0. The van der Waals surface area contributed by atoms with E-state index in [0.717, 1.165) is 0 Å². The molecule has 6 heteroatoms. The average Bonchev–Trinajstić information content (AvgIpc) is 2.70. The third-order valence-electron chi connectivity index (χ3n) is 3.44. The van der Waals surface area contributed by atoms with Crippen molar-refractivity contribution in [3.05, 3.63) is 23.8 Å². The first-order valence-electron chi connectivity index (χ1n) is 6.06. The molecule has 6 nitrogen and oxygen atoms in total. The molecule has 1 heterocycles. The SMILES string of the molecule is CC1OCCC1(O)CNC(=O)c1cc(O)ccc1O. The van der Waals surface area contributed by atoms with Gasteiger partial charge in [0.25, 0.3) is 5.91 Å². The maximum absolute atomic E-state index is 11.9. The second-order valence-electron chi connectivity index (χ2n) is 4.75. The van der Waals surface area contributed by atoms with E-state index in [9.17, 15) is 20.1 Å². The Labute approximate surface area is 110 Å². The number of hydrogen-bond donors (Lipinski definition) is 4. The van der Waals surface area contributed by atoms with Crippen molar-refractivity contribution in [1.29, 1.82) is 0 Å². The van der Waals surface area contributed by atoms with Crippen molar-refractivity contribution >= 4 is 5.91 Å². The molecule has 2 rings (SSSR count). The predicted molar refractivity (Wildman–Crippen MR) is 67.1 cm³/mol. The van der Waals surface area contributed by atoms with E-state index in [-0.39, 0.29) is 29.7 Å². The van der Waals surface area contributed by atoms with Crippen molar-refractivity contribution in [2.75, 3.05) is 13.2 Å². The number of carbonyl (C=O) groups excluding carboxylic acids is 1. The van der Waals surface area contributed by atoms with Gasteiger partial charge in [0, 0.05) is 19.6 Å². The first kappa shape index (κ1) is 13.6. The highest BCUT2D eigenvalue weighted by atomic mass is 16.5. The molecule has 0 bridgehead atoms. The first-order valence-corrected chi connectivity index (χ1v) is 6.06. The molecule has 1 aromatic carbocycles. The topological polar surface area (TPSA) is 99.0 Å². The van der Waals surface area contributed by atoms with E-state index in [4.69, 9.17) is 4.74 Å². The Bertz CT molecular complexity index is 490. The number of benzene rings is 1. The summed E-state index contributed by atoms with van der Waals surface area (Å²) in [5, 5.41) is 31.6. The minimum Gasteiger partial charge on any atom is -0.508 e. The lowest BCUT2D eigenvalue weighted by Gasteiger charge is -2.26. The van der Waals surface area contributed by atoms with Crippen LogP contribution in [0.5, 0.6) is 11.5 Å². The standard InChI is InChI=1S/C13H17NO5/c1-8-13(18,4-5-19-8)7-14-12(17)10-6-9(15)2-3-11(10)16/h2-3,6,8,15-16,18H,4-5,7H2,1H3,(H,14,17). The quantitative estimate of drug-likeness (QED) is 0.593. The fourth-order valence-electron chi connectivity index (χ4n) is 2.04. The maximum atomic E-state index is 11.9. The highest BCUT2D eigenvalue weighted by Gasteiger charge is 2.39. The molecule has 2 atom stereocenters. The molecule has 19 heavy (non-hydrogen) atoms. The molecule has 2 unspecified atom stereocenters. The third-order valence-corrected chi connectivity index (χ3v) is 3.44. The second kappa shape index (κ2) is 5.07. The molecule has 0 aromatic heterocycles. The maximum Gasteiger partial charge on any atom is 0.255 e. The first-order chi connectivity index (χ1) is 8.92. The molecule has 0 aliphatic carbocycles. The van der Waals surface area contributed by atoms with Gasteiger partial charge < -0.3 is 25.4 Å². The van der Waals surface area contributed by atoms with Crippen LogP contribution in [0.1, 0.15) is 23.7 Å². The number of phenolic OH excluding ortho intramolecular Hbond substituents is 2. The molecular formula is C13H17NO5. The van der Waals surface area contributed by atoms with Crippen molar-refractivity contribution in [1.82, 2.24) is 5.32 Å². The molecule has 4 N–H and O–H groups in total. The molecule has 0 spiro atoms. The van der Waals surface area contributed by atoms with Gasteiger partial charge in [0.1, 0.15) is 17.1 Å². The number of ether oxygens (including phenoxy) is 1. The molecular weight excluding hydrogens is 250 g/mol. The van der Waals surface area contributed by atoms with Crippen LogP contribution < -0.4 is 5.32 Å². The van der Waals surface area contributed by atoms with Gasteiger partial charge in [-0.2, -0.15) is 0 Å². The van der Waals surface area contributed by atoms with Crippen molar-refractivity contribution in [2.45, 2.75) is 25.0 Å². The largest absolute Gasteiger partial charge is 0.508 e. The van der Waals surface area contributed by atoms with Gasteiger partial charge in [-0.3, -0.25) is 4.79 Å². The van der Waals surface area contributed by atoms with E-state index in [0.29, 0.717) is 13.0 Å². The van der Waals surface area contributed by atoms with Gasteiger partial charge in [0.05, 0.1) is 11.7 Å². The molecule has 0 saturated carbocycles. The van der Waals surface area contributed by atoms with Crippen molar-refractivity contribution in [2.24, 2.45) is 0 Å². The molecule has 1 aliphatic rings. The van der Waals surface area contributed by atoms with Gasteiger partial charge in [-0.25, -0.2) is 0 Å². The second-order valence-corrected chi connectivity index (χ2v) is 4.75. The van der Waals surface area contributed by atoms with Crippen molar-refractivity contribution in [3.63, 3.8) is 0 Å². The molecule has 1 saturated heterocycles. The molecule has 1 amide bonds. The van der Waals surface area contributed by atoms with Gasteiger partial charge in [0.15, 0.2) is 0 Å². The van der Waals surface area contributed by atoms with Crippen LogP contribution in [0, 0.1) is 0 Å². The fourth-order valence-corrected chi connectivity index (χ4v) is 2.04. The van der Waals surface area contributed by atoms with E-state index in [1.54, 1.807) is 6.92 Å². The number of aromatic hydroxyl groups is 2. The Balaban J connectivity index is 2.03. The Kier molecular flexibility index (Phi) is 3.64. The highest BCUT2D eigenvalue weighted by molar-refractivity contribution is 5.97. The fraction of sp³-hybridized carbons (Fsp3) is 0.462. The molecule has 1 fully saturated rings. The highest BCUT2D eigenvalue weighted by Crippen LogP contribution is 2.26. The van der Waals surface area contributed by atoms with Crippen molar-refractivity contribution in [3.8, 4) is 11.5 Å². The number of carbonyl (C=O) groups is 1. The molecule has 104 valence electrons. The van der Waals surface area contributed by atoms with Gasteiger partial charge in [-0.1, -0.05) is 0 Å². The van der Waals surface area contributed by atoms with Gasteiger partial charge >= 0.3 is 0 Å². The molecule has 1 aromatic rings. The number of rotatable bonds is 3. The van der Waals surface area contributed by atoms with Crippen LogP contribution in [-0.4, -0.2) is 46.1 Å². The summed E-state index contributed by atoms with van der Waals surface area (Å²) in [5.74, 6) is -0.891. The van der Waals surface area contributed by atoms with Crippen LogP contribution in [0.25, 0.3) is 0 Å².